The van der Waals surface area contributed by atoms with Crippen LogP contribution in [-0.4, -0.2) is 16.1 Å². The van der Waals surface area contributed by atoms with Crippen molar-refractivity contribution in [1.82, 2.24) is 10.2 Å². The zero-order valence-electron chi connectivity index (χ0n) is 11.3. The van der Waals surface area contributed by atoms with E-state index in [-0.39, 0.29) is 12.3 Å². The molecular formula is C15H15F2N3O. The van der Waals surface area contributed by atoms with Gasteiger partial charge in [-0.15, -0.1) is 0 Å². The number of nitrogens with zero attached hydrogens (tertiary/aromatic N) is 1. The van der Waals surface area contributed by atoms with E-state index in [2.05, 4.69) is 15.5 Å². The molecule has 1 aliphatic rings. The van der Waals surface area contributed by atoms with E-state index in [0.29, 0.717) is 17.3 Å². The predicted octanol–water partition coefficient (Wildman–Crippen LogP) is 3.14. The van der Waals surface area contributed by atoms with Crippen LogP contribution in [0.3, 0.4) is 0 Å². The Hall–Kier alpha value is -2.24. The van der Waals surface area contributed by atoms with Gasteiger partial charge in [0.2, 0.25) is 5.91 Å². The maximum atomic E-state index is 13.1. The molecule has 1 heterocycles. The molecule has 1 aromatic carbocycles. The average Bonchev–Trinajstić information content (AvgIpc) is 2.72. The SMILES string of the molecule is O=C(Cc1cc(F)cc(F)c1)Nc1cc(C2CCC2)[nH]n1. The van der Waals surface area contributed by atoms with Crippen molar-refractivity contribution in [3.8, 4) is 0 Å². The third-order valence-electron chi connectivity index (χ3n) is 3.70. The van der Waals surface area contributed by atoms with Crippen molar-refractivity contribution < 1.29 is 13.6 Å². The molecule has 0 radical (unpaired) electrons. The van der Waals surface area contributed by atoms with Gasteiger partial charge in [-0.1, -0.05) is 6.42 Å². The van der Waals surface area contributed by atoms with Crippen LogP contribution in [0.25, 0.3) is 0 Å². The molecule has 0 atom stereocenters. The van der Waals surface area contributed by atoms with Crippen LogP contribution in [0.2, 0.25) is 0 Å². The molecule has 6 heteroatoms. The first-order chi connectivity index (χ1) is 10.1. The second kappa shape index (κ2) is 5.63. The molecule has 1 amide bonds. The quantitative estimate of drug-likeness (QED) is 0.909. The number of carbonyl (C=O) groups is 1. The molecule has 1 aliphatic carbocycles. The first-order valence-electron chi connectivity index (χ1n) is 6.90. The smallest absolute Gasteiger partial charge is 0.229 e. The summed E-state index contributed by atoms with van der Waals surface area (Å²) in [5.74, 6) is -0.791. The lowest BCUT2D eigenvalue weighted by Crippen LogP contribution is -2.15. The molecule has 0 saturated heterocycles. The van der Waals surface area contributed by atoms with E-state index in [9.17, 15) is 13.6 Å². The van der Waals surface area contributed by atoms with Gasteiger partial charge in [0, 0.05) is 23.7 Å². The van der Waals surface area contributed by atoms with Crippen LogP contribution in [0.1, 0.15) is 36.4 Å². The van der Waals surface area contributed by atoms with Crippen LogP contribution in [0.4, 0.5) is 14.6 Å². The van der Waals surface area contributed by atoms with Crippen LogP contribution in [0.5, 0.6) is 0 Å². The van der Waals surface area contributed by atoms with E-state index >= 15 is 0 Å². The number of anilines is 1. The molecule has 1 fully saturated rings. The van der Waals surface area contributed by atoms with Gasteiger partial charge in [-0.2, -0.15) is 5.10 Å². The van der Waals surface area contributed by atoms with Gasteiger partial charge in [-0.05, 0) is 30.5 Å². The van der Waals surface area contributed by atoms with E-state index in [1.807, 2.05) is 6.07 Å². The number of nitrogens with one attached hydrogen (secondary N) is 2. The van der Waals surface area contributed by atoms with E-state index in [1.165, 1.54) is 6.42 Å². The van der Waals surface area contributed by atoms with Crippen LogP contribution < -0.4 is 5.32 Å². The highest BCUT2D eigenvalue weighted by atomic mass is 19.1. The summed E-state index contributed by atoms with van der Waals surface area (Å²) in [7, 11) is 0. The number of H-pyrrole nitrogens is 1. The van der Waals surface area contributed by atoms with Gasteiger partial charge in [0.05, 0.1) is 6.42 Å². The third kappa shape index (κ3) is 3.26. The number of aromatic nitrogens is 2. The minimum absolute atomic E-state index is 0.0969. The average molecular weight is 291 g/mol. The minimum atomic E-state index is -0.690. The number of aromatic amines is 1. The molecule has 2 aromatic rings. The lowest BCUT2D eigenvalue weighted by molar-refractivity contribution is -0.115. The van der Waals surface area contributed by atoms with Crippen molar-refractivity contribution in [2.45, 2.75) is 31.6 Å². The molecule has 21 heavy (non-hydrogen) atoms. The van der Waals surface area contributed by atoms with Gasteiger partial charge in [-0.3, -0.25) is 9.89 Å². The summed E-state index contributed by atoms with van der Waals surface area (Å²) in [4.78, 5) is 11.9. The van der Waals surface area contributed by atoms with Crippen LogP contribution in [0, 0.1) is 11.6 Å². The molecule has 1 aromatic heterocycles. The number of benzene rings is 1. The summed E-state index contributed by atoms with van der Waals surface area (Å²) in [5, 5.41) is 9.57. The highest BCUT2D eigenvalue weighted by Crippen LogP contribution is 2.35. The molecule has 4 nitrogen and oxygen atoms in total. The number of halogens is 2. The standard InChI is InChI=1S/C15H15F2N3O/c16-11-4-9(5-12(17)7-11)6-15(21)18-14-8-13(19-20-14)10-2-1-3-10/h4-5,7-8,10H,1-3,6H2,(H2,18,19,20,21). The van der Waals surface area contributed by atoms with Gasteiger partial charge < -0.3 is 5.32 Å². The van der Waals surface area contributed by atoms with Gasteiger partial charge in [0.15, 0.2) is 5.82 Å². The Morgan fingerprint density at radius 2 is 1.95 bits per heavy atom. The second-order valence-electron chi connectivity index (χ2n) is 5.34. The summed E-state index contributed by atoms with van der Waals surface area (Å²) < 4.78 is 26.1. The lowest BCUT2D eigenvalue weighted by atomic mass is 9.83. The fourth-order valence-corrected chi connectivity index (χ4v) is 2.41. The molecule has 110 valence electrons. The minimum Gasteiger partial charge on any atom is -0.309 e. The lowest BCUT2D eigenvalue weighted by Gasteiger charge is -2.23. The Labute approximate surface area is 120 Å². The summed E-state index contributed by atoms with van der Waals surface area (Å²) in [6.07, 6.45) is 3.40. The van der Waals surface area contributed by atoms with Crippen LogP contribution in [-0.2, 0) is 11.2 Å². The summed E-state index contributed by atoms with van der Waals surface area (Å²) >= 11 is 0. The monoisotopic (exact) mass is 291 g/mol. The van der Waals surface area contributed by atoms with Crippen molar-refractivity contribution in [2.24, 2.45) is 0 Å². The first-order valence-corrected chi connectivity index (χ1v) is 6.90. The normalized spacial score (nSPS) is 14.8. The Bertz CT molecular complexity index is 644. The van der Waals surface area contributed by atoms with Crippen LogP contribution in [0.15, 0.2) is 24.3 Å². The van der Waals surface area contributed by atoms with E-state index in [4.69, 9.17) is 0 Å². The Morgan fingerprint density at radius 1 is 1.24 bits per heavy atom. The number of hydrogen-bond donors (Lipinski definition) is 2. The third-order valence-corrected chi connectivity index (χ3v) is 3.70. The summed E-state index contributed by atoms with van der Waals surface area (Å²) in [6, 6.07) is 4.88. The molecule has 0 spiro atoms. The summed E-state index contributed by atoms with van der Waals surface area (Å²) in [6.45, 7) is 0. The van der Waals surface area contributed by atoms with E-state index < -0.39 is 11.6 Å². The van der Waals surface area contributed by atoms with Crippen LogP contribution >= 0.6 is 0 Å². The number of carbonyl (C=O) groups excluding carboxylic acids is 1. The Morgan fingerprint density at radius 3 is 2.57 bits per heavy atom. The van der Waals surface area contributed by atoms with Crippen molar-refractivity contribution >= 4 is 11.7 Å². The highest BCUT2D eigenvalue weighted by Gasteiger charge is 2.21. The zero-order valence-corrected chi connectivity index (χ0v) is 11.3. The largest absolute Gasteiger partial charge is 0.309 e. The molecule has 2 N–H and O–H groups in total. The molecule has 3 rings (SSSR count). The van der Waals surface area contributed by atoms with Crippen molar-refractivity contribution in [3.63, 3.8) is 0 Å². The molecule has 0 bridgehead atoms. The van der Waals surface area contributed by atoms with Gasteiger partial charge in [0.25, 0.3) is 0 Å². The fourth-order valence-electron chi connectivity index (χ4n) is 2.41. The zero-order chi connectivity index (χ0) is 14.8. The number of rotatable bonds is 4. The maximum Gasteiger partial charge on any atom is 0.229 e. The predicted molar refractivity (Wildman–Crippen MR) is 73.9 cm³/mol. The topological polar surface area (TPSA) is 57.8 Å². The molecule has 0 unspecified atom stereocenters. The fraction of sp³-hybridized carbons (Fsp3) is 0.333. The molecular weight excluding hydrogens is 276 g/mol. The van der Waals surface area contributed by atoms with Crippen molar-refractivity contribution in [1.29, 1.82) is 0 Å². The van der Waals surface area contributed by atoms with E-state index in [1.54, 1.807) is 0 Å². The Balaban J connectivity index is 1.61. The number of hydrogen-bond acceptors (Lipinski definition) is 2. The van der Waals surface area contributed by atoms with Gasteiger partial charge in [0.1, 0.15) is 11.6 Å². The highest BCUT2D eigenvalue weighted by molar-refractivity contribution is 5.91. The second-order valence-corrected chi connectivity index (χ2v) is 5.34. The van der Waals surface area contributed by atoms with Crippen molar-refractivity contribution in [2.75, 3.05) is 5.32 Å². The molecule has 0 aliphatic heterocycles. The molecule has 1 saturated carbocycles. The maximum absolute atomic E-state index is 13.1. The van der Waals surface area contributed by atoms with Gasteiger partial charge >= 0.3 is 0 Å². The Kier molecular flexibility index (Phi) is 3.68. The first kappa shape index (κ1) is 13.7. The van der Waals surface area contributed by atoms with Crippen molar-refractivity contribution in [3.05, 3.63) is 47.2 Å². The van der Waals surface area contributed by atoms with E-state index in [0.717, 1.165) is 36.7 Å². The van der Waals surface area contributed by atoms with Gasteiger partial charge in [-0.25, -0.2) is 8.78 Å². The number of amides is 1. The summed E-state index contributed by atoms with van der Waals surface area (Å²) in [5.41, 5.74) is 1.31.